The van der Waals surface area contributed by atoms with Crippen molar-refractivity contribution in [2.24, 2.45) is 0 Å². The van der Waals surface area contributed by atoms with Crippen LogP contribution in [0.5, 0.6) is 0 Å². The monoisotopic (exact) mass is 256 g/mol. The molecule has 92 valence electrons. The highest BCUT2D eigenvalue weighted by Gasteiger charge is 2.09. The van der Waals surface area contributed by atoms with Gasteiger partial charge in [-0.2, -0.15) is 0 Å². The SMILES string of the molecule is CCCNC(=O)COC(=O)c1ccc(Cl)nc1. The molecule has 1 amide bonds. The Balaban J connectivity index is 2.39. The van der Waals surface area contributed by atoms with Crippen LogP contribution >= 0.6 is 11.6 Å². The van der Waals surface area contributed by atoms with E-state index in [9.17, 15) is 9.59 Å². The van der Waals surface area contributed by atoms with Gasteiger partial charge in [0.15, 0.2) is 6.61 Å². The minimum absolute atomic E-state index is 0.262. The summed E-state index contributed by atoms with van der Waals surface area (Å²) in [7, 11) is 0. The Morgan fingerprint density at radius 1 is 1.47 bits per heavy atom. The molecule has 0 saturated carbocycles. The lowest BCUT2D eigenvalue weighted by molar-refractivity contribution is -0.124. The lowest BCUT2D eigenvalue weighted by Crippen LogP contribution is -2.29. The minimum atomic E-state index is -0.596. The van der Waals surface area contributed by atoms with Crippen LogP contribution in [0.1, 0.15) is 23.7 Å². The molecule has 1 aromatic heterocycles. The van der Waals surface area contributed by atoms with Gasteiger partial charge in [0.05, 0.1) is 5.56 Å². The summed E-state index contributed by atoms with van der Waals surface area (Å²) in [5.41, 5.74) is 0.262. The number of aromatic nitrogens is 1. The van der Waals surface area contributed by atoms with Gasteiger partial charge >= 0.3 is 5.97 Å². The van der Waals surface area contributed by atoms with E-state index in [1.807, 2.05) is 6.92 Å². The van der Waals surface area contributed by atoms with Gasteiger partial charge in [-0.1, -0.05) is 18.5 Å². The molecule has 0 fully saturated rings. The van der Waals surface area contributed by atoms with Gasteiger partial charge in [0.25, 0.3) is 5.91 Å². The molecule has 0 spiro atoms. The van der Waals surface area contributed by atoms with Gasteiger partial charge in [0, 0.05) is 12.7 Å². The number of esters is 1. The molecule has 0 bridgehead atoms. The van der Waals surface area contributed by atoms with Crippen LogP contribution in [0, 0.1) is 0 Å². The van der Waals surface area contributed by atoms with Gasteiger partial charge in [-0.05, 0) is 18.6 Å². The van der Waals surface area contributed by atoms with E-state index in [2.05, 4.69) is 10.3 Å². The smallest absolute Gasteiger partial charge is 0.340 e. The number of pyridine rings is 1. The average molecular weight is 257 g/mol. The van der Waals surface area contributed by atoms with Crippen LogP contribution in [0.2, 0.25) is 5.15 Å². The number of halogens is 1. The Bertz CT molecular complexity index is 392. The maximum absolute atomic E-state index is 11.4. The van der Waals surface area contributed by atoms with E-state index >= 15 is 0 Å². The van der Waals surface area contributed by atoms with Crippen LogP contribution in [-0.2, 0) is 9.53 Å². The molecule has 5 nitrogen and oxygen atoms in total. The number of ether oxygens (including phenoxy) is 1. The van der Waals surface area contributed by atoms with Crippen LogP contribution in [0.3, 0.4) is 0 Å². The number of amides is 1. The summed E-state index contributed by atoms with van der Waals surface area (Å²) < 4.78 is 4.79. The van der Waals surface area contributed by atoms with E-state index in [1.165, 1.54) is 18.3 Å². The molecule has 0 aliphatic rings. The largest absolute Gasteiger partial charge is 0.452 e. The highest BCUT2D eigenvalue weighted by molar-refractivity contribution is 6.29. The van der Waals surface area contributed by atoms with E-state index in [-0.39, 0.29) is 18.1 Å². The number of rotatable bonds is 5. The van der Waals surface area contributed by atoms with Crippen LogP contribution in [-0.4, -0.2) is 30.0 Å². The molecule has 0 aliphatic carbocycles. The molecule has 17 heavy (non-hydrogen) atoms. The lowest BCUT2D eigenvalue weighted by atomic mass is 10.3. The fraction of sp³-hybridized carbons (Fsp3) is 0.364. The van der Waals surface area contributed by atoms with Gasteiger partial charge in [0.2, 0.25) is 0 Å². The van der Waals surface area contributed by atoms with Crippen molar-refractivity contribution in [3.8, 4) is 0 Å². The molecular formula is C11H13ClN2O3. The molecule has 1 aromatic rings. The first kappa shape index (κ1) is 13.4. The van der Waals surface area contributed by atoms with Crippen molar-refractivity contribution >= 4 is 23.5 Å². The first-order chi connectivity index (χ1) is 8.13. The zero-order valence-electron chi connectivity index (χ0n) is 9.40. The van der Waals surface area contributed by atoms with E-state index in [1.54, 1.807) is 0 Å². The fourth-order valence-corrected chi connectivity index (χ4v) is 1.14. The van der Waals surface area contributed by atoms with E-state index in [0.717, 1.165) is 6.42 Å². The second-order valence-corrected chi connectivity index (χ2v) is 3.68. The molecule has 0 saturated heterocycles. The number of nitrogens with zero attached hydrogens (tertiary/aromatic N) is 1. The number of carbonyl (C=O) groups excluding carboxylic acids is 2. The maximum Gasteiger partial charge on any atom is 0.340 e. The molecule has 0 aromatic carbocycles. The van der Waals surface area contributed by atoms with E-state index < -0.39 is 5.97 Å². The third-order valence-electron chi connectivity index (χ3n) is 1.87. The van der Waals surface area contributed by atoms with Crippen LogP contribution in [0.15, 0.2) is 18.3 Å². The Hall–Kier alpha value is -1.62. The zero-order chi connectivity index (χ0) is 12.7. The number of hydrogen-bond donors (Lipinski definition) is 1. The summed E-state index contributed by atoms with van der Waals surface area (Å²) in [5, 5.41) is 2.89. The maximum atomic E-state index is 11.4. The molecular weight excluding hydrogens is 244 g/mol. The number of hydrogen-bond acceptors (Lipinski definition) is 4. The van der Waals surface area contributed by atoms with Crippen LogP contribution in [0.25, 0.3) is 0 Å². The third-order valence-corrected chi connectivity index (χ3v) is 2.09. The molecule has 1 rings (SSSR count). The average Bonchev–Trinajstić information content (AvgIpc) is 2.34. The third kappa shape index (κ3) is 4.82. The highest BCUT2D eigenvalue weighted by Crippen LogP contribution is 2.06. The highest BCUT2D eigenvalue weighted by atomic mass is 35.5. The van der Waals surface area contributed by atoms with E-state index in [4.69, 9.17) is 16.3 Å². The van der Waals surface area contributed by atoms with Crippen molar-refractivity contribution in [3.63, 3.8) is 0 Å². The summed E-state index contributed by atoms with van der Waals surface area (Å²) in [4.78, 5) is 26.4. The Morgan fingerprint density at radius 2 is 2.24 bits per heavy atom. The Labute approximate surface area is 104 Å². The lowest BCUT2D eigenvalue weighted by Gasteiger charge is -2.05. The minimum Gasteiger partial charge on any atom is -0.452 e. The first-order valence-corrected chi connectivity index (χ1v) is 5.56. The predicted octanol–water partition coefficient (Wildman–Crippen LogP) is 1.42. The topological polar surface area (TPSA) is 68.3 Å². The molecule has 0 atom stereocenters. The fourth-order valence-electron chi connectivity index (χ4n) is 1.03. The Kier molecular flexibility index (Phi) is 5.42. The summed E-state index contributed by atoms with van der Waals surface area (Å²) in [5.74, 6) is -0.914. The second kappa shape index (κ2) is 6.85. The summed E-state index contributed by atoms with van der Waals surface area (Å²) >= 11 is 5.57. The summed E-state index contributed by atoms with van der Waals surface area (Å²) in [6.45, 7) is 2.21. The van der Waals surface area contributed by atoms with Crippen LogP contribution in [0.4, 0.5) is 0 Å². The van der Waals surface area contributed by atoms with Gasteiger partial charge < -0.3 is 10.1 Å². The van der Waals surface area contributed by atoms with Gasteiger partial charge in [-0.15, -0.1) is 0 Å². The summed E-state index contributed by atoms with van der Waals surface area (Å²) in [6, 6.07) is 2.97. The predicted molar refractivity (Wildman–Crippen MR) is 62.8 cm³/mol. The molecule has 0 radical (unpaired) electrons. The normalized spacial score (nSPS) is 9.76. The number of carbonyl (C=O) groups is 2. The first-order valence-electron chi connectivity index (χ1n) is 5.19. The molecule has 0 unspecified atom stereocenters. The molecule has 1 N–H and O–H groups in total. The Morgan fingerprint density at radius 3 is 2.82 bits per heavy atom. The van der Waals surface area contributed by atoms with Crippen LogP contribution < -0.4 is 5.32 Å². The molecule has 1 heterocycles. The van der Waals surface area contributed by atoms with Crippen molar-refractivity contribution < 1.29 is 14.3 Å². The summed E-state index contributed by atoms with van der Waals surface area (Å²) in [6.07, 6.45) is 2.13. The quantitative estimate of drug-likeness (QED) is 0.639. The van der Waals surface area contributed by atoms with Crippen molar-refractivity contribution in [2.75, 3.05) is 13.2 Å². The standard InChI is InChI=1S/C11H13ClN2O3/c1-2-5-13-10(15)7-17-11(16)8-3-4-9(12)14-6-8/h3-4,6H,2,5,7H2,1H3,(H,13,15). The van der Waals surface area contributed by atoms with Gasteiger partial charge in [-0.25, -0.2) is 9.78 Å². The van der Waals surface area contributed by atoms with Gasteiger partial charge in [0.1, 0.15) is 5.15 Å². The zero-order valence-corrected chi connectivity index (χ0v) is 10.2. The van der Waals surface area contributed by atoms with Gasteiger partial charge in [-0.3, -0.25) is 4.79 Å². The van der Waals surface area contributed by atoms with Crippen molar-refractivity contribution in [1.29, 1.82) is 0 Å². The van der Waals surface area contributed by atoms with Crippen molar-refractivity contribution in [1.82, 2.24) is 10.3 Å². The van der Waals surface area contributed by atoms with Crippen molar-refractivity contribution in [2.45, 2.75) is 13.3 Å². The second-order valence-electron chi connectivity index (χ2n) is 3.30. The molecule has 0 aliphatic heterocycles. The van der Waals surface area contributed by atoms with Crippen molar-refractivity contribution in [3.05, 3.63) is 29.0 Å². The molecule has 6 heteroatoms. The number of nitrogens with one attached hydrogen (secondary N) is 1. The van der Waals surface area contributed by atoms with E-state index in [0.29, 0.717) is 11.7 Å².